The summed E-state index contributed by atoms with van der Waals surface area (Å²) >= 11 is 1.67. The number of carbonyl (C=O) groups is 1. The third-order valence-electron chi connectivity index (χ3n) is 5.73. The monoisotopic (exact) mass is 358 g/mol. The fraction of sp³-hybridized carbons (Fsp3) is 0.632. The minimum atomic E-state index is 0.229. The van der Waals surface area contributed by atoms with E-state index in [1.54, 1.807) is 17.7 Å². The lowest BCUT2D eigenvalue weighted by atomic mass is 9.73. The zero-order valence-corrected chi connectivity index (χ0v) is 15.7. The van der Waals surface area contributed by atoms with Gasteiger partial charge in [0.25, 0.3) is 0 Å². The van der Waals surface area contributed by atoms with E-state index >= 15 is 0 Å². The number of thiophene rings is 1. The number of carbonyl (C=O) groups excluding carboxylic acids is 1. The van der Waals surface area contributed by atoms with Gasteiger partial charge in [-0.2, -0.15) is 0 Å². The molecule has 0 bridgehead atoms. The van der Waals surface area contributed by atoms with Crippen LogP contribution in [0.3, 0.4) is 0 Å². The summed E-state index contributed by atoms with van der Waals surface area (Å²) in [4.78, 5) is 26.9. The van der Waals surface area contributed by atoms with Crippen LogP contribution in [-0.4, -0.2) is 47.0 Å². The Morgan fingerprint density at radius 2 is 2.20 bits per heavy atom. The van der Waals surface area contributed by atoms with Gasteiger partial charge in [0.15, 0.2) is 0 Å². The highest BCUT2D eigenvalue weighted by atomic mass is 32.1. The predicted octanol–water partition coefficient (Wildman–Crippen LogP) is 3.70. The van der Waals surface area contributed by atoms with E-state index in [1.165, 1.54) is 18.2 Å². The second kappa shape index (κ2) is 6.90. The van der Waals surface area contributed by atoms with Crippen LogP contribution in [-0.2, 0) is 4.79 Å². The summed E-state index contributed by atoms with van der Waals surface area (Å²) in [5.74, 6) is 1.42. The quantitative estimate of drug-likeness (QED) is 0.836. The minimum Gasteiger partial charge on any atom is -0.355 e. The van der Waals surface area contributed by atoms with E-state index in [2.05, 4.69) is 38.1 Å². The zero-order chi connectivity index (χ0) is 17.3. The Bertz CT molecular complexity index is 761. The largest absolute Gasteiger partial charge is 0.355 e. The van der Waals surface area contributed by atoms with Crippen LogP contribution in [0.5, 0.6) is 0 Å². The number of nitrogens with zero attached hydrogens (tertiary/aromatic N) is 4. The molecule has 0 N–H and O–H groups in total. The van der Waals surface area contributed by atoms with Gasteiger partial charge in [-0.1, -0.05) is 13.3 Å². The molecule has 2 fully saturated rings. The summed E-state index contributed by atoms with van der Waals surface area (Å²) in [6, 6.07) is 2.13. The van der Waals surface area contributed by atoms with E-state index in [0.29, 0.717) is 12.3 Å². The van der Waals surface area contributed by atoms with Gasteiger partial charge in [0.2, 0.25) is 5.91 Å². The normalized spacial score (nSPS) is 24.4. The summed E-state index contributed by atoms with van der Waals surface area (Å²) in [5.41, 5.74) is 0.229. The van der Waals surface area contributed by atoms with Crippen LogP contribution in [0.2, 0.25) is 0 Å². The fourth-order valence-electron chi connectivity index (χ4n) is 4.41. The maximum Gasteiger partial charge on any atom is 0.222 e. The minimum absolute atomic E-state index is 0.229. The number of anilines is 1. The molecule has 0 unspecified atom stereocenters. The van der Waals surface area contributed by atoms with E-state index in [4.69, 9.17) is 0 Å². The molecule has 6 heteroatoms. The zero-order valence-electron chi connectivity index (χ0n) is 14.9. The first-order valence-electron chi connectivity index (χ1n) is 9.42. The molecule has 1 atom stereocenters. The highest BCUT2D eigenvalue weighted by Crippen LogP contribution is 2.41. The van der Waals surface area contributed by atoms with E-state index in [-0.39, 0.29) is 5.41 Å². The smallest absolute Gasteiger partial charge is 0.222 e. The second-order valence-electron chi connectivity index (χ2n) is 7.53. The highest BCUT2D eigenvalue weighted by molar-refractivity contribution is 7.16. The van der Waals surface area contributed by atoms with Crippen molar-refractivity contribution in [2.75, 3.05) is 31.1 Å². The van der Waals surface area contributed by atoms with Crippen molar-refractivity contribution in [3.8, 4) is 0 Å². The predicted molar refractivity (Wildman–Crippen MR) is 102 cm³/mol. The van der Waals surface area contributed by atoms with E-state index < -0.39 is 0 Å². The van der Waals surface area contributed by atoms with Crippen molar-refractivity contribution in [2.24, 2.45) is 5.41 Å². The SMILES string of the molecule is CCCCN1C[C@@]2(CCCN(c3ncnc4sccc34)C2)CCC1=O. The van der Waals surface area contributed by atoms with Gasteiger partial charge in [-0.15, -0.1) is 11.3 Å². The molecular weight excluding hydrogens is 332 g/mol. The Hall–Kier alpha value is -1.69. The Balaban J connectivity index is 1.56. The molecular formula is C19H26N4OS. The molecule has 0 aromatic carbocycles. The Morgan fingerprint density at radius 1 is 1.28 bits per heavy atom. The first-order valence-corrected chi connectivity index (χ1v) is 10.3. The first-order chi connectivity index (χ1) is 12.2. The lowest BCUT2D eigenvalue weighted by Crippen LogP contribution is -2.54. The maximum absolute atomic E-state index is 12.3. The van der Waals surface area contributed by atoms with Crippen molar-refractivity contribution in [1.82, 2.24) is 14.9 Å². The molecule has 0 radical (unpaired) electrons. The van der Waals surface area contributed by atoms with E-state index in [1.807, 2.05) is 0 Å². The lowest BCUT2D eigenvalue weighted by molar-refractivity contribution is -0.137. The van der Waals surface area contributed by atoms with Crippen LogP contribution < -0.4 is 4.90 Å². The molecule has 4 heterocycles. The van der Waals surface area contributed by atoms with Crippen LogP contribution in [0.15, 0.2) is 17.8 Å². The molecule has 25 heavy (non-hydrogen) atoms. The first kappa shape index (κ1) is 16.8. The van der Waals surface area contributed by atoms with Crippen LogP contribution in [0.4, 0.5) is 5.82 Å². The molecule has 0 saturated carbocycles. The van der Waals surface area contributed by atoms with Crippen molar-refractivity contribution in [3.05, 3.63) is 17.8 Å². The van der Waals surface area contributed by atoms with Gasteiger partial charge < -0.3 is 9.80 Å². The number of likely N-dealkylation sites (tertiary alicyclic amines) is 1. The molecule has 2 aliphatic heterocycles. The van der Waals surface area contributed by atoms with Gasteiger partial charge in [-0.25, -0.2) is 9.97 Å². The standard InChI is InChI=1S/C19H26N4OS/c1-2-3-9-22-12-19(8-5-16(22)24)7-4-10-23(13-19)17-15-6-11-25-18(15)21-14-20-17/h6,11,14H,2-5,7-10,12-13H2,1H3/t19-/m1/s1. The van der Waals surface area contributed by atoms with E-state index in [0.717, 1.165) is 56.1 Å². The van der Waals surface area contributed by atoms with Crippen LogP contribution >= 0.6 is 11.3 Å². The van der Waals surface area contributed by atoms with Gasteiger partial charge in [-0.3, -0.25) is 4.79 Å². The molecule has 2 aromatic heterocycles. The van der Waals surface area contributed by atoms with E-state index in [9.17, 15) is 4.79 Å². The molecule has 1 amide bonds. The summed E-state index contributed by atoms with van der Waals surface area (Å²) < 4.78 is 0. The molecule has 134 valence electrons. The van der Waals surface area contributed by atoms with Crippen molar-refractivity contribution in [2.45, 2.75) is 45.4 Å². The number of hydrogen-bond acceptors (Lipinski definition) is 5. The molecule has 5 nitrogen and oxygen atoms in total. The summed E-state index contributed by atoms with van der Waals surface area (Å²) in [7, 11) is 0. The Kier molecular flexibility index (Phi) is 4.63. The molecule has 0 aliphatic carbocycles. The molecule has 1 spiro atoms. The third-order valence-corrected chi connectivity index (χ3v) is 6.55. The lowest BCUT2D eigenvalue weighted by Gasteiger charge is -2.48. The number of hydrogen-bond donors (Lipinski definition) is 0. The number of aromatic nitrogens is 2. The number of fused-ring (bicyclic) bond motifs is 1. The number of rotatable bonds is 4. The third kappa shape index (κ3) is 3.24. The van der Waals surface area contributed by atoms with Crippen molar-refractivity contribution < 1.29 is 4.79 Å². The molecule has 2 aliphatic rings. The Labute approximate surface area is 153 Å². The average molecular weight is 359 g/mol. The van der Waals surface area contributed by atoms with Crippen LogP contribution in [0.25, 0.3) is 10.2 Å². The highest BCUT2D eigenvalue weighted by Gasteiger charge is 2.42. The van der Waals surface area contributed by atoms with Gasteiger partial charge in [0, 0.05) is 38.0 Å². The van der Waals surface area contributed by atoms with Gasteiger partial charge >= 0.3 is 0 Å². The second-order valence-corrected chi connectivity index (χ2v) is 8.43. The van der Waals surface area contributed by atoms with Gasteiger partial charge in [-0.05, 0) is 37.1 Å². The van der Waals surface area contributed by atoms with Gasteiger partial charge in [0.05, 0.1) is 5.39 Å². The molecule has 2 saturated heterocycles. The Morgan fingerprint density at radius 3 is 3.08 bits per heavy atom. The van der Waals surface area contributed by atoms with Crippen LogP contribution in [0.1, 0.15) is 45.4 Å². The summed E-state index contributed by atoms with van der Waals surface area (Å²) in [5, 5.41) is 3.26. The number of unbranched alkanes of at least 4 members (excludes halogenated alkanes) is 1. The van der Waals surface area contributed by atoms with Crippen molar-refractivity contribution >= 4 is 33.3 Å². The summed E-state index contributed by atoms with van der Waals surface area (Å²) in [6.45, 7) is 6.07. The van der Waals surface area contributed by atoms with Crippen LogP contribution in [0, 0.1) is 5.41 Å². The summed E-state index contributed by atoms with van der Waals surface area (Å²) in [6.07, 6.45) is 8.04. The van der Waals surface area contributed by atoms with Crippen molar-refractivity contribution in [1.29, 1.82) is 0 Å². The van der Waals surface area contributed by atoms with Gasteiger partial charge in [0.1, 0.15) is 17.0 Å². The van der Waals surface area contributed by atoms with Crippen molar-refractivity contribution in [3.63, 3.8) is 0 Å². The average Bonchev–Trinajstić information content (AvgIpc) is 3.11. The topological polar surface area (TPSA) is 49.3 Å². The molecule has 2 aromatic rings. The fourth-order valence-corrected chi connectivity index (χ4v) is 5.13. The number of amides is 1. The maximum atomic E-state index is 12.3. The molecule has 4 rings (SSSR count). The number of piperidine rings is 2.